The number of rotatable bonds is 9. The number of nitrogens with zero attached hydrogens (tertiary/aromatic N) is 4. The zero-order valence-corrected chi connectivity index (χ0v) is 21.1. The molecule has 0 unspecified atom stereocenters. The Hall–Kier alpha value is -4.26. The molecule has 12 heteroatoms. The molecule has 0 atom stereocenters. The van der Waals surface area contributed by atoms with Gasteiger partial charge in [-0.1, -0.05) is 0 Å². The van der Waals surface area contributed by atoms with E-state index in [9.17, 15) is 9.18 Å². The van der Waals surface area contributed by atoms with Crippen LogP contribution in [0.1, 0.15) is 25.5 Å². The number of halogens is 1. The molecule has 1 amide bonds. The fraction of sp³-hybridized carbons (Fsp3) is 0.296. The third kappa shape index (κ3) is 6.08. The number of aromatic nitrogens is 5. The number of pyridine rings is 1. The van der Waals surface area contributed by atoms with Crippen LogP contribution in [0.4, 0.5) is 10.1 Å². The van der Waals surface area contributed by atoms with Crippen LogP contribution in [-0.2, 0) is 14.3 Å². The van der Waals surface area contributed by atoms with Crippen molar-refractivity contribution in [1.29, 1.82) is 0 Å². The predicted molar refractivity (Wildman–Crippen MR) is 138 cm³/mol. The van der Waals surface area contributed by atoms with Crippen molar-refractivity contribution >= 4 is 11.6 Å². The van der Waals surface area contributed by atoms with Gasteiger partial charge in [0.05, 0.1) is 54.2 Å². The van der Waals surface area contributed by atoms with E-state index in [4.69, 9.17) is 24.3 Å². The second-order valence-corrected chi connectivity index (χ2v) is 9.21. The van der Waals surface area contributed by atoms with Crippen molar-refractivity contribution in [3.8, 4) is 28.7 Å². The number of carbonyl (C=O) groups excluding carboxylic acids is 1. The summed E-state index contributed by atoms with van der Waals surface area (Å²) >= 11 is 0. The normalized spacial score (nSPS) is 19.0. The summed E-state index contributed by atoms with van der Waals surface area (Å²) in [5.74, 6) is -0.267. The molecule has 0 saturated carbocycles. The third-order valence-corrected chi connectivity index (χ3v) is 6.06. The van der Waals surface area contributed by atoms with Crippen LogP contribution in [0.5, 0.6) is 6.01 Å². The highest BCUT2D eigenvalue weighted by atomic mass is 19.1. The standard InChI is InChI=1S/C27H27FN6O5/c1-27(25(36)31-19-4-2-10-29-14-19)15-38-24(39-16-27)23-33-21(17-5-7-18(28)8-6-17)22(34-23)20-9-11-30-26(32-20)37-13-3-12-35/h2,4-11,14,24,35H,3,12-13,15-16H2,1H3,(H,31,36)(H,33,34). The Morgan fingerprint density at radius 2 is 1.97 bits per heavy atom. The highest BCUT2D eigenvalue weighted by molar-refractivity contribution is 5.95. The molecule has 1 aromatic carbocycles. The number of aromatic amines is 1. The second kappa shape index (κ2) is 11.6. The van der Waals surface area contributed by atoms with Gasteiger partial charge < -0.3 is 29.6 Å². The molecule has 3 aromatic heterocycles. The number of carbonyl (C=O) groups is 1. The summed E-state index contributed by atoms with van der Waals surface area (Å²) < 4.78 is 31.1. The van der Waals surface area contributed by atoms with E-state index in [1.807, 2.05) is 0 Å². The van der Waals surface area contributed by atoms with E-state index < -0.39 is 11.7 Å². The number of hydrogen-bond donors (Lipinski definition) is 3. The van der Waals surface area contributed by atoms with Crippen LogP contribution in [0.15, 0.2) is 61.1 Å². The monoisotopic (exact) mass is 534 g/mol. The molecule has 1 saturated heterocycles. The van der Waals surface area contributed by atoms with Crippen LogP contribution in [0.25, 0.3) is 22.6 Å². The van der Waals surface area contributed by atoms with Crippen molar-refractivity contribution in [3.05, 3.63) is 72.7 Å². The molecular formula is C27H27FN6O5. The lowest BCUT2D eigenvalue weighted by molar-refractivity contribution is -0.229. The highest BCUT2D eigenvalue weighted by Crippen LogP contribution is 2.36. The van der Waals surface area contributed by atoms with Gasteiger partial charge in [0.2, 0.25) is 12.2 Å². The molecule has 39 heavy (non-hydrogen) atoms. The van der Waals surface area contributed by atoms with Gasteiger partial charge in [-0.05, 0) is 49.4 Å². The maximum atomic E-state index is 13.6. The van der Waals surface area contributed by atoms with Gasteiger partial charge in [-0.15, -0.1) is 0 Å². The Balaban J connectivity index is 1.38. The first-order valence-corrected chi connectivity index (χ1v) is 12.3. The fourth-order valence-corrected chi connectivity index (χ4v) is 3.90. The molecule has 0 spiro atoms. The Morgan fingerprint density at radius 3 is 2.69 bits per heavy atom. The molecule has 0 aliphatic carbocycles. The number of benzene rings is 1. The number of hydrogen-bond acceptors (Lipinski definition) is 9. The van der Waals surface area contributed by atoms with E-state index >= 15 is 0 Å². The lowest BCUT2D eigenvalue weighted by Gasteiger charge is -2.35. The van der Waals surface area contributed by atoms with Gasteiger partial charge in [0.1, 0.15) is 5.82 Å². The summed E-state index contributed by atoms with van der Waals surface area (Å²) in [6.45, 7) is 2.18. The van der Waals surface area contributed by atoms with Gasteiger partial charge in [0.25, 0.3) is 0 Å². The van der Waals surface area contributed by atoms with Crippen molar-refractivity contribution in [3.63, 3.8) is 0 Å². The molecule has 1 aliphatic heterocycles. The van der Waals surface area contributed by atoms with Crippen LogP contribution >= 0.6 is 0 Å². The molecule has 5 rings (SSSR count). The topological polar surface area (TPSA) is 144 Å². The molecule has 4 aromatic rings. The lowest BCUT2D eigenvalue weighted by Crippen LogP contribution is -2.45. The van der Waals surface area contributed by atoms with E-state index in [0.717, 1.165) is 0 Å². The molecule has 1 fully saturated rings. The summed E-state index contributed by atoms with van der Waals surface area (Å²) in [7, 11) is 0. The van der Waals surface area contributed by atoms with E-state index in [1.54, 1.807) is 55.8 Å². The smallest absolute Gasteiger partial charge is 0.316 e. The first-order chi connectivity index (χ1) is 18.9. The van der Waals surface area contributed by atoms with Gasteiger partial charge in [-0.2, -0.15) is 4.98 Å². The predicted octanol–water partition coefficient (Wildman–Crippen LogP) is 3.52. The van der Waals surface area contributed by atoms with Crippen molar-refractivity contribution in [2.24, 2.45) is 5.41 Å². The Morgan fingerprint density at radius 1 is 1.18 bits per heavy atom. The molecule has 3 N–H and O–H groups in total. The van der Waals surface area contributed by atoms with Gasteiger partial charge in [-0.25, -0.2) is 14.4 Å². The Labute approximate surface area is 223 Å². The minimum atomic E-state index is -0.936. The fourth-order valence-electron chi connectivity index (χ4n) is 3.90. The Bertz CT molecular complexity index is 1410. The van der Waals surface area contributed by atoms with Gasteiger partial charge in [-0.3, -0.25) is 9.78 Å². The molecule has 0 bridgehead atoms. The molecule has 11 nitrogen and oxygen atoms in total. The first-order valence-electron chi connectivity index (χ1n) is 12.3. The van der Waals surface area contributed by atoms with Gasteiger partial charge in [0.15, 0.2) is 5.82 Å². The van der Waals surface area contributed by atoms with Crippen LogP contribution in [0.2, 0.25) is 0 Å². The van der Waals surface area contributed by atoms with E-state index in [-0.39, 0.29) is 44.2 Å². The minimum Gasteiger partial charge on any atom is -0.463 e. The van der Waals surface area contributed by atoms with Crippen molar-refractivity contribution < 1.29 is 28.5 Å². The number of nitrogens with one attached hydrogen (secondary N) is 2. The molecule has 1 aliphatic rings. The second-order valence-electron chi connectivity index (χ2n) is 9.21. The van der Waals surface area contributed by atoms with Gasteiger partial charge in [0, 0.05) is 31.0 Å². The maximum absolute atomic E-state index is 13.6. The van der Waals surface area contributed by atoms with E-state index in [2.05, 4.69) is 25.3 Å². The van der Waals surface area contributed by atoms with E-state index in [0.29, 0.717) is 40.6 Å². The van der Waals surface area contributed by atoms with Crippen molar-refractivity contribution in [1.82, 2.24) is 24.9 Å². The zero-order chi connectivity index (χ0) is 27.2. The number of anilines is 1. The van der Waals surface area contributed by atoms with Crippen molar-refractivity contribution in [2.75, 3.05) is 31.7 Å². The summed E-state index contributed by atoms with van der Waals surface area (Å²) in [6.07, 6.45) is 4.30. The molecular weight excluding hydrogens is 507 g/mol. The number of ether oxygens (including phenoxy) is 3. The largest absolute Gasteiger partial charge is 0.463 e. The SMILES string of the molecule is CC1(C(=O)Nc2cccnc2)COC(c2nc(-c3ccc(F)cc3)c(-c3ccnc(OCCCO)n3)[nH]2)OC1. The molecule has 0 radical (unpaired) electrons. The van der Waals surface area contributed by atoms with Crippen LogP contribution in [-0.4, -0.2) is 62.4 Å². The highest BCUT2D eigenvalue weighted by Gasteiger charge is 2.41. The quantitative estimate of drug-likeness (QED) is 0.275. The van der Waals surface area contributed by atoms with Crippen LogP contribution < -0.4 is 10.1 Å². The zero-order valence-electron chi connectivity index (χ0n) is 21.1. The van der Waals surface area contributed by atoms with E-state index in [1.165, 1.54) is 12.1 Å². The average molecular weight is 535 g/mol. The number of amides is 1. The molecule has 4 heterocycles. The molecule has 202 valence electrons. The number of H-pyrrole nitrogens is 1. The Kier molecular flexibility index (Phi) is 7.87. The van der Waals surface area contributed by atoms with Crippen LogP contribution in [0.3, 0.4) is 0 Å². The van der Waals surface area contributed by atoms with Gasteiger partial charge >= 0.3 is 6.01 Å². The number of imidazole rings is 1. The number of aliphatic hydroxyl groups is 1. The van der Waals surface area contributed by atoms with Crippen LogP contribution in [0, 0.1) is 11.2 Å². The summed E-state index contributed by atoms with van der Waals surface area (Å²) in [5, 5.41) is 11.8. The average Bonchev–Trinajstić information content (AvgIpc) is 3.40. The summed E-state index contributed by atoms with van der Waals surface area (Å²) in [6, 6.07) is 11.2. The summed E-state index contributed by atoms with van der Waals surface area (Å²) in [5.41, 5.74) is 1.80. The summed E-state index contributed by atoms with van der Waals surface area (Å²) in [4.78, 5) is 33.4. The number of aliphatic hydroxyl groups excluding tert-OH is 1. The lowest BCUT2D eigenvalue weighted by atomic mass is 9.91. The maximum Gasteiger partial charge on any atom is 0.316 e. The minimum absolute atomic E-state index is 0.0100. The third-order valence-electron chi connectivity index (χ3n) is 6.06. The first kappa shape index (κ1) is 26.4. The van der Waals surface area contributed by atoms with Crippen molar-refractivity contribution in [2.45, 2.75) is 19.6 Å².